The molecule has 2 aromatic carbocycles. The minimum Gasteiger partial charge on any atom is -0.497 e. The van der Waals surface area contributed by atoms with Gasteiger partial charge in [0.2, 0.25) is 0 Å². The molecule has 1 aliphatic heterocycles. The molecule has 34 heavy (non-hydrogen) atoms. The molecule has 1 fully saturated rings. The number of fused-ring (bicyclic) bond motifs is 3. The molecule has 0 bridgehead atoms. The SMILES string of the molecule is COc1ccc2cc3n(c2c1)C(=O)C(C)(C(=O)NC1CCCCC1)N(Cc1ccccc1)C3=O. The molecule has 1 aliphatic carbocycles. The number of nitrogens with zero attached hydrogens (tertiary/aromatic N) is 2. The van der Waals surface area contributed by atoms with Crippen molar-refractivity contribution in [2.75, 3.05) is 7.11 Å². The van der Waals surface area contributed by atoms with Gasteiger partial charge in [-0.15, -0.1) is 0 Å². The van der Waals surface area contributed by atoms with Crippen LogP contribution in [0.1, 0.15) is 59.9 Å². The second kappa shape index (κ2) is 8.63. The Morgan fingerprint density at radius 3 is 2.50 bits per heavy atom. The van der Waals surface area contributed by atoms with E-state index in [1.165, 1.54) is 9.47 Å². The zero-order chi connectivity index (χ0) is 23.9. The molecule has 5 rings (SSSR count). The van der Waals surface area contributed by atoms with Crippen LogP contribution in [0.15, 0.2) is 54.6 Å². The fourth-order valence-electron chi connectivity index (χ4n) is 5.15. The fourth-order valence-corrected chi connectivity index (χ4v) is 5.15. The van der Waals surface area contributed by atoms with Crippen molar-refractivity contribution in [2.45, 2.75) is 57.2 Å². The van der Waals surface area contributed by atoms with E-state index >= 15 is 0 Å². The quantitative estimate of drug-likeness (QED) is 0.581. The van der Waals surface area contributed by atoms with Gasteiger partial charge in [-0.25, -0.2) is 0 Å². The number of ether oxygens (including phenoxy) is 1. The van der Waals surface area contributed by atoms with E-state index in [4.69, 9.17) is 4.74 Å². The van der Waals surface area contributed by atoms with Crippen LogP contribution in [0, 0.1) is 0 Å². The number of aromatic nitrogens is 1. The standard InChI is InChI=1S/C27H29N3O4/c1-27(25(32)28-20-11-7-4-8-12-20)26(33)30-22-16-21(34-2)14-13-19(22)15-23(30)24(31)29(27)17-18-9-5-3-6-10-18/h3,5-6,9-10,13-16,20H,4,7-8,11-12,17H2,1-2H3,(H,28,32). The van der Waals surface area contributed by atoms with Crippen LogP contribution in [0.5, 0.6) is 5.75 Å². The molecule has 2 aliphatic rings. The van der Waals surface area contributed by atoms with E-state index in [0.717, 1.165) is 43.1 Å². The topological polar surface area (TPSA) is 80.6 Å². The van der Waals surface area contributed by atoms with Crippen LogP contribution in [0.25, 0.3) is 10.9 Å². The summed E-state index contributed by atoms with van der Waals surface area (Å²) >= 11 is 0. The van der Waals surface area contributed by atoms with Crippen molar-refractivity contribution in [3.8, 4) is 5.75 Å². The third kappa shape index (κ3) is 3.56. The minimum absolute atomic E-state index is 0.0162. The van der Waals surface area contributed by atoms with Crippen LogP contribution in [-0.2, 0) is 11.3 Å². The highest BCUT2D eigenvalue weighted by Gasteiger charge is 2.54. The Hall–Kier alpha value is -3.61. The summed E-state index contributed by atoms with van der Waals surface area (Å²) in [5, 5.41) is 3.84. The first kappa shape index (κ1) is 22.2. The Labute approximate surface area is 198 Å². The van der Waals surface area contributed by atoms with E-state index in [2.05, 4.69) is 5.32 Å². The Balaban J connectivity index is 1.62. The van der Waals surface area contributed by atoms with Crippen molar-refractivity contribution in [3.05, 3.63) is 65.9 Å². The molecule has 1 saturated carbocycles. The van der Waals surface area contributed by atoms with Crippen molar-refractivity contribution in [1.29, 1.82) is 0 Å². The molecule has 0 saturated heterocycles. The molecule has 2 heterocycles. The average Bonchev–Trinajstić information content (AvgIpc) is 3.25. The van der Waals surface area contributed by atoms with E-state index in [9.17, 15) is 14.4 Å². The largest absolute Gasteiger partial charge is 0.497 e. The zero-order valence-corrected chi connectivity index (χ0v) is 19.5. The molecule has 176 valence electrons. The van der Waals surface area contributed by atoms with Crippen LogP contribution >= 0.6 is 0 Å². The van der Waals surface area contributed by atoms with Gasteiger partial charge in [0, 0.05) is 24.0 Å². The average molecular weight is 460 g/mol. The monoisotopic (exact) mass is 459 g/mol. The van der Waals surface area contributed by atoms with Gasteiger partial charge in [-0.2, -0.15) is 0 Å². The van der Waals surface area contributed by atoms with Gasteiger partial charge >= 0.3 is 0 Å². The highest BCUT2D eigenvalue weighted by molar-refractivity contribution is 6.21. The van der Waals surface area contributed by atoms with E-state index in [1.807, 2.05) is 36.4 Å². The maximum atomic E-state index is 14.1. The van der Waals surface area contributed by atoms with Crippen LogP contribution in [0.3, 0.4) is 0 Å². The summed E-state index contributed by atoms with van der Waals surface area (Å²) in [7, 11) is 1.55. The summed E-state index contributed by atoms with van der Waals surface area (Å²) in [4.78, 5) is 43.2. The number of benzene rings is 2. The summed E-state index contributed by atoms with van der Waals surface area (Å²) < 4.78 is 6.74. The first-order chi connectivity index (χ1) is 16.4. The molecule has 0 spiro atoms. The molecule has 7 heteroatoms. The summed E-state index contributed by atoms with van der Waals surface area (Å²) in [6.45, 7) is 1.73. The molecule has 7 nitrogen and oxygen atoms in total. The van der Waals surface area contributed by atoms with Crippen molar-refractivity contribution >= 4 is 28.6 Å². The minimum atomic E-state index is -1.69. The van der Waals surface area contributed by atoms with Gasteiger partial charge in [0.1, 0.15) is 11.4 Å². The van der Waals surface area contributed by atoms with E-state index < -0.39 is 17.4 Å². The fraction of sp³-hybridized carbons (Fsp3) is 0.370. The molecule has 1 aromatic heterocycles. The lowest BCUT2D eigenvalue weighted by molar-refractivity contribution is -0.130. The van der Waals surface area contributed by atoms with Gasteiger partial charge in [0.25, 0.3) is 17.7 Å². The number of hydrogen-bond donors (Lipinski definition) is 1. The predicted molar refractivity (Wildman–Crippen MR) is 129 cm³/mol. The summed E-state index contributed by atoms with van der Waals surface area (Å²) in [6.07, 6.45) is 5.03. The lowest BCUT2D eigenvalue weighted by Crippen LogP contribution is -2.68. The number of rotatable bonds is 5. The maximum absolute atomic E-state index is 14.1. The van der Waals surface area contributed by atoms with Crippen molar-refractivity contribution in [3.63, 3.8) is 0 Å². The maximum Gasteiger partial charge on any atom is 0.272 e. The Morgan fingerprint density at radius 2 is 1.79 bits per heavy atom. The van der Waals surface area contributed by atoms with E-state index in [1.54, 1.807) is 32.2 Å². The molecule has 0 radical (unpaired) electrons. The van der Waals surface area contributed by atoms with Crippen LogP contribution in [-0.4, -0.2) is 45.9 Å². The Kier molecular flexibility index (Phi) is 5.63. The van der Waals surface area contributed by atoms with E-state index in [0.29, 0.717) is 11.3 Å². The van der Waals surface area contributed by atoms with Gasteiger partial charge < -0.3 is 15.0 Å². The Bertz CT molecular complexity index is 1260. The van der Waals surface area contributed by atoms with Gasteiger partial charge in [0.15, 0.2) is 5.54 Å². The number of carbonyl (C=O) groups excluding carboxylic acids is 3. The van der Waals surface area contributed by atoms with Crippen molar-refractivity contribution in [1.82, 2.24) is 14.8 Å². The van der Waals surface area contributed by atoms with Crippen molar-refractivity contribution in [2.24, 2.45) is 0 Å². The molecular formula is C27H29N3O4. The Morgan fingerprint density at radius 1 is 1.06 bits per heavy atom. The summed E-state index contributed by atoms with van der Waals surface area (Å²) in [5.41, 5.74) is -0.0192. The first-order valence-corrected chi connectivity index (χ1v) is 11.8. The molecule has 3 aromatic rings. The number of methoxy groups -OCH3 is 1. The molecule has 1 atom stereocenters. The summed E-state index contributed by atoms with van der Waals surface area (Å²) in [6, 6.07) is 16.5. The molecular weight excluding hydrogens is 430 g/mol. The number of hydrogen-bond acceptors (Lipinski definition) is 4. The molecule has 2 amide bonds. The number of carbonyl (C=O) groups is 3. The summed E-state index contributed by atoms with van der Waals surface area (Å²) in [5.74, 6) is -0.632. The molecule has 1 unspecified atom stereocenters. The third-order valence-electron chi connectivity index (χ3n) is 7.20. The lowest BCUT2D eigenvalue weighted by atomic mass is 9.90. The third-order valence-corrected chi connectivity index (χ3v) is 7.20. The van der Waals surface area contributed by atoms with Gasteiger partial charge in [0.05, 0.1) is 12.6 Å². The van der Waals surface area contributed by atoms with Crippen LogP contribution in [0.4, 0.5) is 0 Å². The van der Waals surface area contributed by atoms with Gasteiger partial charge in [-0.1, -0.05) is 49.6 Å². The van der Waals surface area contributed by atoms with Crippen molar-refractivity contribution < 1.29 is 19.1 Å². The second-order valence-corrected chi connectivity index (χ2v) is 9.35. The van der Waals surface area contributed by atoms with Gasteiger partial charge in [-0.05, 0) is 43.5 Å². The molecule has 1 N–H and O–H groups in total. The smallest absolute Gasteiger partial charge is 0.272 e. The van der Waals surface area contributed by atoms with Crippen LogP contribution < -0.4 is 10.1 Å². The number of amides is 2. The second-order valence-electron chi connectivity index (χ2n) is 9.35. The number of nitrogens with one attached hydrogen (secondary N) is 1. The highest BCUT2D eigenvalue weighted by atomic mass is 16.5. The highest BCUT2D eigenvalue weighted by Crippen LogP contribution is 2.35. The van der Waals surface area contributed by atoms with Gasteiger partial charge in [-0.3, -0.25) is 19.0 Å². The zero-order valence-electron chi connectivity index (χ0n) is 19.5. The van der Waals surface area contributed by atoms with E-state index in [-0.39, 0.29) is 24.2 Å². The van der Waals surface area contributed by atoms with Crippen LogP contribution in [0.2, 0.25) is 0 Å². The predicted octanol–water partition coefficient (Wildman–Crippen LogP) is 4.15. The lowest BCUT2D eigenvalue weighted by Gasteiger charge is -2.43. The normalized spacial score (nSPS) is 20.9. The first-order valence-electron chi connectivity index (χ1n) is 11.8.